The molecular weight excluding hydrogens is 691 g/mol. The third kappa shape index (κ3) is 4.10. The molecule has 57 heavy (non-hydrogen) atoms. The topological polar surface area (TPSA) is 14.3 Å². The fourth-order valence-electron chi connectivity index (χ4n) is 10.1. The van der Waals surface area contributed by atoms with Crippen molar-refractivity contribution in [3.63, 3.8) is 0 Å². The Morgan fingerprint density at radius 1 is 0.211 bits per heavy atom. The summed E-state index contributed by atoms with van der Waals surface area (Å²) in [6, 6.07) is 74.0. The summed E-state index contributed by atoms with van der Waals surface area (Å²) in [7, 11) is 0. The molecule has 4 heterocycles. The van der Waals surface area contributed by atoms with Crippen molar-refractivity contribution in [1.82, 2.24) is 13.5 Å². The van der Waals surface area contributed by atoms with Gasteiger partial charge >= 0.3 is 0 Å². The summed E-state index contributed by atoms with van der Waals surface area (Å²) >= 11 is 0. The maximum absolute atomic E-state index is 2.55. The number of hydrogen-bond donors (Lipinski definition) is 0. The number of nitrogens with zero attached hydrogens (tertiary/aromatic N) is 3. The van der Waals surface area contributed by atoms with E-state index in [0.29, 0.717) is 0 Å². The Hall–Kier alpha value is -7.62. The van der Waals surface area contributed by atoms with Gasteiger partial charge in [0.15, 0.2) is 0 Å². The molecule has 9 aromatic carbocycles. The van der Waals surface area contributed by atoms with Gasteiger partial charge in [-0.3, -0.25) is 0 Å². The highest BCUT2D eigenvalue weighted by Crippen LogP contribution is 2.43. The van der Waals surface area contributed by atoms with Gasteiger partial charge in [0.05, 0.1) is 50.0 Å². The van der Waals surface area contributed by atoms with Crippen LogP contribution < -0.4 is 0 Å². The van der Waals surface area contributed by atoms with Gasteiger partial charge in [-0.25, -0.2) is 0 Å². The van der Waals surface area contributed by atoms with E-state index in [2.05, 4.69) is 214 Å². The van der Waals surface area contributed by atoms with Crippen LogP contribution in [0.25, 0.3) is 115 Å². The Labute approximate surface area is 327 Å². The summed E-state index contributed by atoms with van der Waals surface area (Å²) in [6.07, 6.45) is 0. The standard InChI is InChI=1S/C54H33N3/c1-3-18-36-34(16-1)35-17-2-4-19-37(35)44-32-52-45(33-53(44)57-49-29-12-7-22-40(49)43-25-15-24-42(36)54(43)57)41-23-8-11-28-48(41)56(52)51-31-14-13-30-50(51)55-46-26-9-5-20-38(46)39-21-6-10-27-47(39)55/h1-33H. The van der Waals surface area contributed by atoms with E-state index in [1.54, 1.807) is 0 Å². The summed E-state index contributed by atoms with van der Waals surface area (Å²) in [5.41, 5.74) is 10.6. The molecule has 0 aliphatic carbocycles. The molecule has 13 aromatic rings. The quantitative estimate of drug-likeness (QED) is 0.169. The van der Waals surface area contributed by atoms with Crippen LogP contribution >= 0.6 is 0 Å². The van der Waals surface area contributed by atoms with Gasteiger partial charge in [0.1, 0.15) is 0 Å². The number of benzene rings is 9. The molecule has 3 nitrogen and oxygen atoms in total. The zero-order valence-electron chi connectivity index (χ0n) is 30.9. The Morgan fingerprint density at radius 2 is 0.526 bits per heavy atom. The molecule has 0 saturated heterocycles. The first-order valence-corrected chi connectivity index (χ1v) is 19.7. The van der Waals surface area contributed by atoms with Crippen molar-refractivity contribution in [1.29, 1.82) is 0 Å². The molecule has 0 atom stereocenters. The smallest absolute Gasteiger partial charge is 0.0702 e. The second kappa shape index (κ2) is 11.5. The van der Waals surface area contributed by atoms with Crippen molar-refractivity contribution < 1.29 is 0 Å². The Balaban J connectivity index is 1.28. The molecule has 0 N–H and O–H groups in total. The number of aromatic nitrogens is 3. The van der Waals surface area contributed by atoms with Crippen LogP contribution in [0.15, 0.2) is 200 Å². The van der Waals surface area contributed by atoms with E-state index in [4.69, 9.17) is 0 Å². The predicted molar refractivity (Wildman–Crippen MR) is 242 cm³/mol. The van der Waals surface area contributed by atoms with E-state index < -0.39 is 0 Å². The lowest BCUT2D eigenvalue weighted by atomic mass is 10.00. The van der Waals surface area contributed by atoms with Gasteiger partial charge in [-0.15, -0.1) is 0 Å². The Morgan fingerprint density at radius 3 is 1.07 bits per heavy atom. The molecule has 0 unspecified atom stereocenters. The molecule has 0 saturated carbocycles. The molecule has 0 radical (unpaired) electrons. The first kappa shape index (κ1) is 30.7. The van der Waals surface area contributed by atoms with Gasteiger partial charge in [-0.1, -0.05) is 152 Å². The van der Waals surface area contributed by atoms with E-state index >= 15 is 0 Å². The number of rotatable bonds is 2. The third-order valence-electron chi connectivity index (χ3n) is 12.4. The lowest BCUT2D eigenvalue weighted by Crippen LogP contribution is -2.03. The van der Waals surface area contributed by atoms with E-state index in [-0.39, 0.29) is 0 Å². The average molecular weight is 724 g/mol. The monoisotopic (exact) mass is 723 g/mol. The summed E-state index contributed by atoms with van der Waals surface area (Å²) in [4.78, 5) is 0. The predicted octanol–water partition coefficient (Wildman–Crippen LogP) is 14.5. The molecule has 4 aromatic heterocycles. The second-order valence-corrected chi connectivity index (χ2v) is 15.2. The van der Waals surface area contributed by atoms with E-state index in [0.717, 1.165) is 11.4 Å². The van der Waals surface area contributed by atoms with Crippen LogP contribution in [0.3, 0.4) is 0 Å². The van der Waals surface area contributed by atoms with E-state index in [9.17, 15) is 0 Å². The average Bonchev–Trinajstić information content (AvgIpc) is 3.92. The van der Waals surface area contributed by atoms with Gasteiger partial charge in [0, 0.05) is 43.1 Å². The van der Waals surface area contributed by atoms with Crippen LogP contribution in [0.1, 0.15) is 0 Å². The fraction of sp³-hybridized carbons (Fsp3) is 0. The number of para-hydroxylation sites is 7. The number of fused-ring (bicyclic) bond motifs is 16. The lowest BCUT2D eigenvalue weighted by molar-refractivity contribution is 1.10. The van der Waals surface area contributed by atoms with Crippen LogP contribution in [0.5, 0.6) is 0 Å². The highest BCUT2D eigenvalue weighted by Gasteiger charge is 2.21. The normalized spacial score (nSPS) is 12.2. The molecule has 0 spiro atoms. The minimum absolute atomic E-state index is 1.14. The summed E-state index contributed by atoms with van der Waals surface area (Å²) in [6.45, 7) is 0. The van der Waals surface area contributed by atoms with Crippen molar-refractivity contribution >= 4 is 103 Å². The molecule has 0 fully saturated rings. The molecular formula is C54H33N3. The van der Waals surface area contributed by atoms with Gasteiger partial charge in [0.2, 0.25) is 0 Å². The summed E-state index contributed by atoms with van der Waals surface area (Å²) in [5.74, 6) is 0. The highest BCUT2D eigenvalue weighted by atomic mass is 15.1. The molecule has 264 valence electrons. The largest absolute Gasteiger partial charge is 0.308 e. The van der Waals surface area contributed by atoms with Gasteiger partial charge in [-0.2, -0.15) is 0 Å². The van der Waals surface area contributed by atoms with Crippen LogP contribution in [0.2, 0.25) is 0 Å². The summed E-state index contributed by atoms with van der Waals surface area (Å²) in [5, 5.41) is 14.8. The van der Waals surface area contributed by atoms with E-state index in [1.807, 2.05) is 0 Å². The van der Waals surface area contributed by atoms with Crippen LogP contribution in [0.4, 0.5) is 0 Å². The van der Waals surface area contributed by atoms with E-state index in [1.165, 1.54) is 103 Å². The van der Waals surface area contributed by atoms with Crippen LogP contribution in [0, 0.1) is 0 Å². The van der Waals surface area contributed by atoms with Crippen molar-refractivity contribution in [2.45, 2.75) is 0 Å². The van der Waals surface area contributed by atoms with Crippen molar-refractivity contribution in [3.05, 3.63) is 200 Å². The van der Waals surface area contributed by atoms with Crippen molar-refractivity contribution in [2.75, 3.05) is 0 Å². The zero-order chi connectivity index (χ0) is 37.2. The Bertz CT molecular complexity index is 3820. The summed E-state index contributed by atoms with van der Waals surface area (Å²) < 4.78 is 7.50. The number of hydrogen-bond acceptors (Lipinski definition) is 0. The van der Waals surface area contributed by atoms with Gasteiger partial charge < -0.3 is 13.5 Å². The molecule has 0 amide bonds. The maximum Gasteiger partial charge on any atom is 0.0702 e. The molecule has 0 bridgehead atoms. The minimum Gasteiger partial charge on any atom is -0.308 e. The Kier molecular flexibility index (Phi) is 6.16. The SMILES string of the molecule is c1ccc(-n2c3ccccc3c3cc4c(cc32)c2ccccc2c2ccccc2c2cccc3c5ccccc5n4c23)c(-n2c3ccccc3c3ccccc32)c1. The van der Waals surface area contributed by atoms with Gasteiger partial charge in [-0.05, 0) is 70.1 Å². The maximum atomic E-state index is 2.55. The van der Waals surface area contributed by atoms with Crippen LogP contribution in [-0.4, -0.2) is 13.5 Å². The first-order chi connectivity index (χ1) is 28.3. The molecule has 0 aliphatic rings. The lowest BCUT2D eigenvalue weighted by Gasteiger charge is -2.17. The minimum atomic E-state index is 1.14. The van der Waals surface area contributed by atoms with Crippen LogP contribution in [-0.2, 0) is 0 Å². The zero-order valence-corrected chi connectivity index (χ0v) is 30.9. The first-order valence-electron chi connectivity index (χ1n) is 19.7. The highest BCUT2D eigenvalue weighted by molar-refractivity contribution is 6.27. The van der Waals surface area contributed by atoms with Crippen molar-refractivity contribution in [3.8, 4) is 11.4 Å². The van der Waals surface area contributed by atoms with Crippen molar-refractivity contribution in [2.24, 2.45) is 0 Å². The second-order valence-electron chi connectivity index (χ2n) is 15.2. The van der Waals surface area contributed by atoms with Gasteiger partial charge in [0.25, 0.3) is 0 Å². The molecule has 0 aliphatic heterocycles. The molecule has 13 rings (SSSR count). The third-order valence-corrected chi connectivity index (χ3v) is 12.4. The fourth-order valence-corrected chi connectivity index (χ4v) is 10.1. The molecule has 3 heteroatoms.